The Morgan fingerprint density at radius 1 is 0.579 bits per heavy atom. The van der Waals surface area contributed by atoms with Crippen molar-refractivity contribution in [2.24, 2.45) is 0 Å². The Labute approximate surface area is 120 Å². The third-order valence-electron chi connectivity index (χ3n) is 3.49. The summed E-state index contributed by atoms with van der Waals surface area (Å²) in [5.41, 5.74) is 0. The maximum Gasteiger partial charge on any atom is 0.0751 e. The lowest BCUT2D eigenvalue weighted by Crippen LogP contribution is -1.81. The van der Waals surface area contributed by atoms with Crippen LogP contribution in [0.1, 0.15) is 90.4 Å². The lowest BCUT2D eigenvalue weighted by atomic mass is 10.1. The zero-order valence-corrected chi connectivity index (χ0v) is 12.9. The number of aliphatic hydroxyl groups is 1. The Morgan fingerprint density at radius 3 is 1.47 bits per heavy atom. The molecule has 0 heterocycles. The van der Waals surface area contributed by atoms with Gasteiger partial charge in [0.05, 0.1) is 6.26 Å². The molecule has 0 amide bonds. The quantitative estimate of drug-likeness (QED) is 0.210. The lowest BCUT2D eigenvalue weighted by Gasteiger charge is -2.00. The van der Waals surface area contributed by atoms with Gasteiger partial charge in [-0.2, -0.15) is 0 Å². The van der Waals surface area contributed by atoms with E-state index in [0.717, 1.165) is 12.7 Å². The van der Waals surface area contributed by atoms with Crippen molar-refractivity contribution in [2.45, 2.75) is 90.4 Å². The minimum Gasteiger partial charge on any atom is -0.516 e. The van der Waals surface area contributed by atoms with Gasteiger partial charge in [-0.15, -0.1) is 0 Å². The van der Waals surface area contributed by atoms with Gasteiger partial charge in [-0.25, -0.2) is 0 Å². The third-order valence-corrected chi connectivity index (χ3v) is 3.49. The number of unbranched alkanes of at least 4 members (excludes halogenated alkanes) is 11. The summed E-state index contributed by atoms with van der Waals surface area (Å²) in [7, 11) is 0. The van der Waals surface area contributed by atoms with Crippen LogP contribution in [0.3, 0.4) is 0 Å². The van der Waals surface area contributed by atoms with E-state index in [0.29, 0.717) is 0 Å². The molecule has 1 nitrogen and oxygen atoms in total. The second-order valence-corrected chi connectivity index (χ2v) is 5.40. The SMILES string of the molecule is CCCCC=CCCCCCCCCCC/C=C\O. The summed E-state index contributed by atoms with van der Waals surface area (Å²) in [4.78, 5) is 0. The van der Waals surface area contributed by atoms with E-state index in [-0.39, 0.29) is 0 Å². The van der Waals surface area contributed by atoms with Crippen LogP contribution in [-0.4, -0.2) is 5.11 Å². The first-order valence-corrected chi connectivity index (χ1v) is 8.36. The molecule has 19 heavy (non-hydrogen) atoms. The number of hydrogen-bond acceptors (Lipinski definition) is 1. The van der Waals surface area contributed by atoms with Crippen LogP contribution < -0.4 is 0 Å². The Hall–Kier alpha value is -0.720. The van der Waals surface area contributed by atoms with Gasteiger partial charge < -0.3 is 5.11 Å². The molecule has 0 aromatic heterocycles. The highest BCUT2D eigenvalue weighted by Crippen LogP contribution is 2.11. The zero-order chi connectivity index (χ0) is 14.0. The fraction of sp³-hybridized carbons (Fsp3) is 0.778. The number of hydrogen-bond donors (Lipinski definition) is 1. The van der Waals surface area contributed by atoms with Gasteiger partial charge in [0.2, 0.25) is 0 Å². The van der Waals surface area contributed by atoms with Gasteiger partial charge in [-0.3, -0.25) is 0 Å². The summed E-state index contributed by atoms with van der Waals surface area (Å²) >= 11 is 0. The van der Waals surface area contributed by atoms with Gasteiger partial charge in [0.25, 0.3) is 0 Å². The van der Waals surface area contributed by atoms with Crippen LogP contribution in [0.4, 0.5) is 0 Å². The molecule has 0 aliphatic carbocycles. The molecular formula is C18H34O. The fourth-order valence-electron chi connectivity index (χ4n) is 2.22. The van der Waals surface area contributed by atoms with Crippen molar-refractivity contribution >= 4 is 0 Å². The topological polar surface area (TPSA) is 20.2 Å². The van der Waals surface area contributed by atoms with Crippen LogP contribution in [0.15, 0.2) is 24.5 Å². The van der Waals surface area contributed by atoms with Gasteiger partial charge >= 0.3 is 0 Å². The van der Waals surface area contributed by atoms with Crippen LogP contribution in [0, 0.1) is 0 Å². The summed E-state index contributed by atoms with van der Waals surface area (Å²) in [6.07, 6.45) is 24.8. The van der Waals surface area contributed by atoms with E-state index in [1.807, 2.05) is 6.08 Å². The van der Waals surface area contributed by atoms with Crippen LogP contribution in [-0.2, 0) is 0 Å². The first-order valence-electron chi connectivity index (χ1n) is 8.36. The summed E-state index contributed by atoms with van der Waals surface area (Å²) in [6, 6.07) is 0. The molecule has 0 radical (unpaired) electrons. The maximum absolute atomic E-state index is 8.48. The van der Waals surface area contributed by atoms with E-state index in [1.54, 1.807) is 0 Å². The average molecular weight is 266 g/mol. The Morgan fingerprint density at radius 2 is 1.00 bits per heavy atom. The van der Waals surface area contributed by atoms with Crippen molar-refractivity contribution in [1.29, 1.82) is 0 Å². The predicted molar refractivity (Wildman–Crippen MR) is 86.6 cm³/mol. The maximum atomic E-state index is 8.48. The summed E-state index contributed by atoms with van der Waals surface area (Å²) in [5.74, 6) is 0. The summed E-state index contributed by atoms with van der Waals surface area (Å²) in [6.45, 7) is 2.25. The standard InChI is InChI=1S/C18H34O/c1-2-3-4-5-6-7-8-9-10-11-12-13-14-15-16-17-18-19/h5-6,17-19H,2-4,7-16H2,1H3/b6-5?,18-17-. The lowest BCUT2D eigenvalue weighted by molar-refractivity contribution is 0.469. The molecule has 1 heteroatoms. The van der Waals surface area contributed by atoms with Gasteiger partial charge in [0.1, 0.15) is 0 Å². The second-order valence-electron chi connectivity index (χ2n) is 5.40. The number of allylic oxidation sites excluding steroid dienone is 3. The largest absolute Gasteiger partial charge is 0.516 e. The molecule has 0 spiro atoms. The molecule has 0 aliphatic heterocycles. The Bertz CT molecular complexity index is 206. The molecule has 0 saturated carbocycles. The molecule has 1 N–H and O–H groups in total. The minimum atomic E-state index is 1.03. The minimum absolute atomic E-state index is 1.03. The van der Waals surface area contributed by atoms with E-state index in [1.165, 1.54) is 77.0 Å². The van der Waals surface area contributed by atoms with E-state index >= 15 is 0 Å². The van der Waals surface area contributed by atoms with Crippen LogP contribution in [0.2, 0.25) is 0 Å². The molecule has 0 rings (SSSR count). The van der Waals surface area contributed by atoms with E-state index in [9.17, 15) is 0 Å². The second kappa shape index (κ2) is 17.3. The monoisotopic (exact) mass is 266 g/mol. The van der Waals surface area contributed by atoms with Gasteiger partial charge in [0.15, 0.2) is 0 Å². The number of rotatable bonds is 14. The molecule has 0 atom stereocenters. The van der Waals surface area contributed by atoms with Crippen molar-refractivity contribution in [3.05, 3.63) is 24.5 Å². The summed E-state index contributed by atoms with van der Waals surface area (Å²) in [5, 5.41) is 8.48. The van der Waals surface area contributed by atoms with Gasteiger partial charge in [-0.05, 0) is 32.1 Å². The zero-order valence-electron chi connectivity index (χ0n) is 12.9. The van der Waals surface area contributed by atoms with Crippen molar-refractivity contribution in [2.75, 3.05) is 0 Å². The van der Waals surface area contributed by atoms with Crippen LogP contribution >= 0.6 is 0 Å². The highest BCUT2D eigenvalue weighted by Gasteiger charge is 1.91. The van der Waals surface area contributed by atoms with Gasteiger partial charge in [-0.1, -0.05) is 76.5 Å². The van der Waals surface area contributed by atoms with Crippen molar-refractivity contribution in [3.63, 3.8) is 0 Å². The molecule has 0 fully saturated rings. The highest BCUT2D eigenvalue weighted by molar-refractivity contribution is 4.81. The molecule has 0 unspecified atom stereocenters. The van der Waals surface area contributed by atoms with Gasteiger partial charge in [0, 0.05) is 0 Å². The molecule has 0 aromatic carbocycles. The van der Waals surface area contributed by atoms with Crippen molar-refractivity contribution < 1.29 is 5.11 Å². The molecule has 0 bridgehead atoms. The normalized spacial score (nSPS) is 11.8. The van der Waals surface area contributed by atoms with Crippen molar-refractivity contribution in [3.8, 4) is 0 Å². The first kappa shape index (κ1) is 18.3. The molecule has 0 saturated heterocycles. The van der Waals surface area contributed by atoms with E-state index < -0.39 is 0 Å². The molecular weight excluding hydrogens is 232 g/mol. The summed E-state index contributed by atoms with van der Waals surface area (Å²) < 4.78 is 0. The van der Waals surface area contributed by atoms with Crippen molar-refractivity contribution in [1.82, 2.24) is 0 Å². The average Bonchev–Trinajstić information content (AvgIpc) is 2.43. The predicted octanol–water partition coefficient (Wildman–Crippen LogP) is 6.71. The smallest absolute Gasteiger partial charge is 0.0751 e. The Balaban J connectivity index is 3.00. The van der Waals surface area contributed by atoms with Crippen LogP contribution in [0.25, 0.3) is 0 Å². The number of aliphatic hydroxyl groups excluding tert-OH is 1. The fourth-order valence-corrected chi connectivity index (χ4v) is 2.22. The van der Waals surface area contributed by atoms with Crippen LogP contribution in [0.5, 0.6) is 0 Å². The van der Waals surface area contributed by atoms with E-state index in [2.05, 4.69) is 19.1 Å². The molecule has 0 aliphatic rings. The molecule has 0 aromatic rings. The highest BCUT2D eigenvalue weighted by atomic mass is 16.2. The van der Waals surface area contributed by atoms with E-state index in [4.69, 9.17) is 5.11 Å². The third kappa shape index (κ3) is 17.3. The first-order chi connectivity index (χ1) is 9.41. The molecule has 112 valence electrons. The Kier molecular flexibility index (Phi) is 16.6.